The van der Waals surface area contributed by atoms with E-state index in [0.717, 1.165) is 64.2 Å². The van der Waals surface area contributed by atoms with E-state index in [1.54, 1.807) is 0 Å². The molecule has 0 saturated carbocycles. The maximum Gasteiger partial charge on any atom is 0.306 e. The molecule has 0 heterocycles. The van der Waals surface area contributed by atoms with Crippen LogP contribution in [0.25, 0.3) is 0 Å². The maximum atomic E-state index is 13.0. The van der Waals surface area contributed by atoms with Gasteiger partial charge >= 0.3 is 17.9 Å². The summed E-state index contributed by atoms with van der Waals surface area (Å²) in [5.74, 6) is -0.835. The first-order valence-corrected chi connectivity index (χ1v) is 36.7. The number of esters is 3. The van der Waals surface area contributed by atoms with E-state index in [1.807, 2.05) is 0 Å². The van der Waals surface area contributed by atoms with Crippen LogP contribution >= 0.6 is 0 Å². The van der Waals surface area contributed by atoms with Gasteiger partial charge in [-0.1, -0.05) is 373 Å². The van der Waals surface area contributed by atoms with Crippen molar-refractivity contribution in [2.45, 2.75) is 431 Å². The van der Waals surface area contributed by atoms with Crippen LogP contribution in [-0.4, -0.2) is 37.2 Å². The first kappa shape index (κ1) is 78.1. The van der Waals surface area contributed by atoms with Crippen molar-refractivity contribution in [2.24, 2.45) is 0 Å². The predicted octanol–water partition coefficient (Wildman–Crippen LogP) is 25.2. The molecule has 0 aromatic heterocycles. The summed E-state index contributed by atoms with van der Waals surface area (Å²) in [6.45, 7) is 6.73. The molecule has 0 aliphatic heterocycles. The number of allylic oxidation sites excluding steroid dienone is 2. The lowest BCUT2D eigenvalue weighted by Gasteiger charge is -2.18. The number of hydrogen-bond acceptors (Lipinski definition) is 6. The van der Waals surface area contributed by atoms with Gasteiger partial charge in [0.2, 0.25) is 0 Å². The van der Waals surface area contributed by atoms with Crippen molar-refractivity contribution in [3.8, 4) is 0 Å². The summed E-state index contributed by atoms with van der Waals surface area (Å²) in [6, 6.07) is 0. The molecular formula is C74H142O6. The van der Waals surface area contributed by atoms with Crippen LogP contribution in [0.4, 0.5) is 0 Å². The summed E-state index contributed by atoms with van der Waals surface area (Å²) in [5, 5.41) is 0. The largest absolute Gasteiger partial charge is 0.462 e. The van der Waals surface area contributed by atoms with Gasteiger partial charge in [0.05, 0.1) is 0 Å². The van der Waals surface area contributed by atoms with Gasteiger partial charge in [-0.05, 0) is 44.9 Å². The molecule has 0 aliphatic carbocycles. The Morgan fingerprint density at radius 3 is 0.625 bits per heavy atom. The molecule has 0 saturated heterocycles. The lowest BCUT2D eigenvalue weighted by atomic mass is 10.0. The molecule has 0 amide bonds. The Bertz CT molecular complexity index is 1250. The molecule has 6 nitrogen and oxygen atoms in total. The van der Waals surface area contributed by atoms with Crippen molar-refractivity contribution in [3.05, 3.63) is 12.2 Å². The molecule has 0 fully saturated rings. The van der Waals surface area contributed by atoms with E-state index in [1.165, 1.54) is 321 Å². The van der Waals surface area contributed by atoms with Crippen molar-refractivity contribution in [2.75, 3.05) is 13.2 Å². The normalized spacial score (nSPS) is 12.0. The molecule has 0 aliphatic rings. The Hall–Kier alpha value is -1.85. The second-order valence-electron chi connectivity index (χ2n) is 25.2. The van der Waals surface area contributed by atoms with Crippen molar-refractivity contribution in [1.82, 2.24) is 0 Å². The minimum absolute atomic E-state index is 0.0654. The summed E-state index contributed by atoms with van der Waals surface area (Å²) in [7, 11) is 0. The van der Waals surface area contributed by atoms with Crippen LogP contribution in [0, 0.1) is 0 Å². The monoisotopic (exact) mass is 1130 g/mol. The third-order valence-corrected chi connectivity index (χ3v) is 17.0. The van der Waals surface area contributed by atoms with Gasteiger partial charge in [0.1, 0.15) is 13.2 Å². The number of carbonyl (C=O) groups excluding carboxylic acids is 3. The molecule has 0 aromatic carbocycles. The zero-order valence-corrected chi connectivity index (χ0v) is 54.6. The summed E-state index contributed by atoms with van der Waals surface area (Å²) in [6.07, 6.45) is 83.9. The van der Waals surface area contributed by atoms with Gasteiger partial charge in [-0.15, -0.1) is 0 Å². The molecule has 0 radical (unpaired) electrons. The lowest BCUT2D eigenvalue weighted by molar-refractivity contribution is -0.167. The van der Waals surface area contributed by atoms with Gasteiger partial charge in [0.15, 0.2) is 6.10 Å². The Balaban J connectivity index is 4.25. The molecule has 0 spiro atoms. The van der Waals surface area contributed by atoms with Crippen LogP contribution in [0.1, 0.15) is 425 Å². The van der Waals surface area contributed by atoms with Gasteiger partial charge < -0.3 is 14.2 Å². The molecular weight excluding hydrogens is 985 g/mol. The molecule has 0 bridgehead atoms. The highest BCUT2D eigenvalue weighted by molar-refractivity contribution is 5.71. The number of hydrogen-bond donors (Lipinski definition) is 0. The standard InChI is InChI=1S/C74H142O6/c1-4-7-10-13-16-19-22-25-28-31-33-35-37-39-41-43-46-49-52-55-58-61-64-67-73(76)79-70-71(69-78-72(75)66-63-60-57-54-51-48-45-30-27-24-21-18-15-12-9-6-3)80-74(77)68-65-62-59-56-53-50-47-44-42-40-38-36-34-32-29-26-23-20-17-14-11-8-5-2/h30,45,71H,4-29,31-44,46-70H2,1-3H3/b45-30-. The Morgan fingerprint density at radius 1 is 0.237 bits per heavy atom. The average molecular weight is 1130 g/mol. The minimum atomic E-state index is -0.770. The second kappa shape index (κ2) is 69.6. The fourth-order valence-electron chi connectivity index (χ4n) is 11.5. The van der Waals surface area contributed by atoms with Crippen molar-refractivity contribution >= 4 is 17.9 Å². The fraction of sp³-hybridized carbons (Fsp3) is 0.932. The Labute approximate surface area is 501 Å². The van der Waals surface area contributed by atoms with E-state index < -0.39 is 6.10 Å². The Morgan fingerprint density at radius 2 is 0.412 bits per heavy atom. The highest BCUT2D eigenvalue weighted by Crippen LogP contribution is 2.19. The van der Waals surface area contributed by atoms with E-state index in [2.05, 4.69) is 32.9 Å². The molecule has 6 heteroatoms. The van der Waals surface area contributed by atoms with Crippen LogP contribution < -0.4 is 0 Å². The van der Waals surface area contributed by atoms with Crippen LogP contribution in [-0.2, 0) is 28.6 Å². The maximum absolute atomic E-state index is 13.0. The summed E-state index contributed by atoms with van der Waals surface area (Å²) >= 11 is 0. The Kier molecular flexibility index (Phi) is 68.0. The zero-order valence-electron chi connectivity index (χ0n) is 54.6. The predicted molar refractivity (Wildman–Crippen MR) is 349 cm³/mol. The van der Waals surface area contributed by atoms with Crippen molar-refractivity contribution in [1.29, 1.82) is 0 Å². The molecule has 0 N–H and O–H groups in total. The average Bonchev–Trinajstić information content (AvgIpc) is 3.46. The highest BCUT2D eigenvalue weighted by Gasteiger charge is 2.20. The molecule has 80 heavy (non-hydrogen) atoms. The van der Waals surface area contributed by atoms with Gasteiger partial charge in [-0.25, -0.2) is 0 Å². The van der Waals surface area contributed by atoms with E-state index >= 15 is 0 Å². The van der Waals surface area contributed by atoms with Gasteiger partial charge in [0, 0.05) is 19.3 Å². The van der Waals surface area contributed by atoms with Crippen molar-refractivity contribution < 1.29 is 28.6 Å². The van der Waals surface area contributed by atoms with Crippen LogP contribution in [0.5, 0.6) is 0 Å². The zero-order chi connectivity index (χ0) is 57.8. The van der Waals surface area contributed by atoms with Crippen LogP contribution in [0.2, 0.25) is 0 Å². The minimum Gasteiger partial charge on any atom is -0.462 e. The summed E-state index contributed by atoms with van der Waals surface area (Å²) in [4.78, 5) is 38.5. The van der Waals surface area contributed by atoms with E-state index in [9.17, 15) is 14.4 Å². The van der Waals surface area contributed by atoms with Gasteiger partial charge in [-0.2, -0.15) is 0 Å². The number of rotatable bonds is 69. The highest BCUT2D eigenvalue weighted by atomic mass is 16.6. The first-order chi connectivity index (χ1) is 39.5. The number of ether oxygens (including phenoxy) is 3. The third kappa shape index (κ3) is 66.9. The van der Waals surface area contributed by atoms with Crippen molar-refractivity contribution in [3.63, 3.8) is 0 Å². The molecule has 0 rings (SSSR count). The van der Waals surface area contributed by atoms with Gasteiger partial charge in [-0.3, -0.25) is 14.4 Å². The molecule has 474 valence electrons. The smallest absolute Gasteiger partial charge is 0.306 e. The SMILES string of the molecule is CCCCCCCCC/C=C\CCCCCCCC(=O)OCC(COC(=O)CCCCCCCCCCCCCCCCCCCCCCCCC)OC(=O)CCCCCCCCCCCCCCCCCCCCCCCCC. The topological polar surface area (TPSA) is 78.9 Å². The van der Waals surface area contributed by atoms with E-state index in [-0.39, 0.29) is 31.1 Å². The van der Waals surface area contributed by atoms with Crippen LogP contribution in [0.15, 0.2) is 12.2 Å². The fourth-order valence-corrected chi connectivity index (χ4v) is 11.5. The van der Waals surface area contributed by atoms with E-state index in [0.29, 0.717) is 19.3 Å². The first-order valence-electron chi connectivity index (χ1n) is 36.7. The van der Waals surface area contributed by atoms with Gasteiger partial charge in [0.25, 0.3) is 0 Å². The van der Waals surface area contributed by atoms with E-state index in [4.69, 9.17) is 14.2 Å². The quantitative estimate of drug-likeness (QED) is 0.0261. The lowest BCUT2D eigenvalue weighted by Crippen LogP contribution is -2.30. The summed E-state index contributed by atoms with van der Waals surface area (Å²) in [5.41, 5.74) is 0. The number of unbranched alkanes of at least 4 members (excludes halogenated alkanes) is 56. The molecule has 1 unspecified atom stereocenters. The second-order valence-corrected chi connectivity index (χ2v) is 25.2. The molecule has 0 aromatic rings. The van der Waals surface area contributed by atoms with Crippen LogP contribution in [0.3, 0.4) is 0 Å². The third-order valence-electron chi connectivity index (χ3n) is 17.0. The number of carbonyl (C=O) groups is 3. The summed E-state index contributed by atoms with van der Waals surface area (Å²) < 4.78 is 17.0. The molecule has 1 atom stereocenters.